The Kier molecular flexibility index (Phi) is 4.53. The summed E-state index contributed by atoms with van der Waals surface area (Å²) in [6, 6.07) is 8.98. The first-order chi connectivity index (χ1) is 13.1. The van der Waals surface area contributed by atoms with Crippen molar-refractivity contribution in [2.24, 2.45) is 0 Å². The van der Waals surface area contributed by atoms with Crippen molar-refractivity contribution in [3.05, 3.63) is 66.0 Å². The molecule has 8 heteroatoms. The predicted octanol–water partition coefficient (Wildman–Crippen LogP) is 2.71. The Bertz CT molecular complexity index is 952. The zero-order valence-electron chi connectivity index (χ0n) is 14.4. The molecule has 1 N–H and O–H groups in total. The van der Waals surface area contributed by atoms with E-state index in [0.717, 1.165) is 29.2 Å². The molecule has 1 fully saturated rings. The summed E-state index contributed by atoms with van der Waals surface area (Å²) in [5.41, 5.74) is 1.97. The van der Waals surface area contributed by atoms with Crippen LogP contribution in [0.25, 0.3) is 11.3 Å². The molecule has 0 bridgehead atoms. The van der Waals surface area contributed by atoms with Crippen molar-refractivity contribution in [2.45, 2.75) is 0 Å². The molecule has 0 radical (unpaired) electrons. The molecule has 0 atom stereocenters. The van der Waals surface area contributed by atoms with Gasteiger partial charge in [-0.3, -0.25) is 14.9 Å². The van der Waals surface area contributed by atoms with E-state index in [2.05, 4.69) is 20.1 Å². The van der Waals surface area contributed by atoms with Crippen LogP contribution in [0.3, 0.4) is 0 Å². The first-order valence-electron chi connectivity index (χ1n) is 8.57. The Morgan fingerprint density at radius 2 is 1.85 bits per heavy atom. The molecule has 0 saturated carbocycles. The number of rotatable bonds is 3. The van der Waals surface area contributed by atoms with Gasteiger partial charge < -0.3 is 9.80 Å². The lowest BCUT2D eigenvalue weighted by Gasteiger charge is -2.34. The summed E-state index contributed by atoms with van der Waals surface area (Å²) in [4.78, 5) is 20.3. The number of halogens is 2. The molecule has 1 aliphatic rings. The topological polar surface area (TPSA) is 65.1 Å². The van der Waals surface area contributed by atoms with Crippen molar-refractivity contribution in [3.8, 4) is 11.3 Å². The minimum absolute atomic E-state index is 0.154. The normalized spacial score (nSPS) is 14.4. The number of nitrogens with zero attached hydrogens (tertiary/aromatic N) is 4. The summed E-state index contributed by atoms with van der Waals surface area (Å²) < 4.78 is 26.4. The summed E-state index contributed by atoms with van der Waals surface area (Å²) in [6.07, 6.45) is 3.47. The first-order valence-corrected chi connectivity index (χ1v) is 8.57. The number of amides is 1. The molecule has 0 spiro atoms. The fraction of sp³-hybridized carbons (Fsp3) is 0.211. The molecule has 0 aliphatic carbocycles. The van der Waals surface area contributed by atoms with Gasteiger partial charge >= 0.3 is 0 Å². The summed E-state index contributed by atoms with van der Waals surface area (Å²) in [7, 11) is 0. The average Bonchev–Trinajstić information content (AvgIpc) is 3.21. The van der Waals surface area contributed by atoms with Crippen LogP contribution in [0.4, 0.5) is 14.6 Å². The minimum atomic E-state index is -1.01. The number of H-pyrrole nitrogens is 1. The molecule has 2 aromatic heterocycles. The Labute approximate surface area is 154 Å². The number of aromatic nitrogens is 3. The highest BCUT2D eigenvalue weighted by Crippen LogP contribution is 2.22. The fourth-order valence-electron chi connectivity index (χ4n) is 3.09. The zero-order valence-corrected chi connectivity index (χ0v) is 14.4. The van der Waals surface area contributed by atoms with E-state index in [1.165, 1.54) is 6.07 Å². The number of anilines is 1. The van der Waals surface area contributed by atoms with E-state index in [9.17, 15) is 13.6 Å². The highest BCUT2D eigenvalue weighted by Gasteiger charge is 2.24. The molecule has 0 unspecified atom stereocenters. The number of hydrogen-bond donors (Lipinski definition) is 1. The SMILES string of the molecule is O=C(c1ccc(F)c(F)c1)N1CCN(c2cc(-c3cccnc3)[nH]n2)CC1. The fourth-order valence-corrected chi connectivity index (χ4v) is 3.09. The second-order valence-corrected chi connectivity index (χ2v) is 6.29. The van der Waals surface area contributed by atoms with Gasteiger partial charge in [0.2, 0.25) is 0 Å². The maximum atomic E-state index is 13.4. The predicted molar refractivity (Wildman–Crippen MR) is 96.3 cm³/mol. The summed E-state index contributed by atoms with van der Waals surface area (Å²) >= 11 is 0. The number of carbonyl (C=O) groups is 1. The molecule has 4 rings (SSSR count). The third-order valence-electron chi connectivity index (χ3n) is 4.59. The van der Waals surface area contributed by atoms with Crippen molar-refractivity contribution in [3.63, 3.8) is 0 Å². The van der Waals surface area contributed by atoms with Gasteiger partial charge in [-0.25, -0.2) is 8.78 Å². The summed E-state index contributed by atoms with van der Waals surface area (Å²) in [6.45, 7) is 2.17. The van der Waals surface area contributed by atoms with E-state index in [-0.39, 0.29) is 11.5 Å². The maximum absolute atomic E-state index is 13.4. The third kappa shape index (κ3) is 3.51. The van der Waals surface area contributed by atoms with Gasteiger partial charge in [0.15, 0.2) is 17.5 Å². The quantitative estimate of drug-likeness (QED) is 0.771. The van der Waals surface area contributed by atoms with E-state index < -0.39 is 11.6 Å². The van der Waals surface area contributed by atoms with Gasteiger partial charge in [-0.05, 0) is 30.3 Å². The standard InChI is InChI=1S/C19H17F2N5O/c20-15-4-3-13(10-16(15)21)19(27)26-8-6-25(7-9-26)18-11-17(23-24-18)14-2-1-5-22-12-14/h1-5,10-12H,6-9H2,(H,23,24). The summed E-state index contributed by atoms with van der Waals surface area (Å²) in [5.74, 6) is -1.47. The van der Waals surface area contributed by atoms with Gasteiger partial charge in [-0.1, -0.05) is 0 Å². The van der Waals surface area contributed by atoms with Crippen LogP contribution in [0, 0.1) is 11.6 Å². The lowest BCUT2D eigenvalue weighted by atomic mass is 10.1. The number of hydrogen-bond acceptors (Lipinski definition) is 4. The van der Waals surface area contributed by atoms with Crippen molar-refractivity contribution in [2.75, 3.05) is 31.1 Å². The number of nitrogens with one attached hydrogen (secondary N) is 1. The average molecular weight is 369 g/mol. The molecule has 3 aromatic rings. The molecule has 1 saturated heterocycles. The van der Waals surface area contributed by atoms with Crippen LogP contribution < -0.4 is 4.90 Å². The van der Waals surface area contributed by atoms with Crippen LogP contribution >= 0.6 is 0 Å². The van der Waals surface area contributed by atoms with Crippen molar-refractivity contribution in [1.82, 2.24) is 20.1 Å². The van der Waals surface area contributed by atoms with Crippen LogP contribution in [0.5, 0.6) is 0 Å². The van der Waals surface area contributed by atoms with Gasteiger partial charge in [0, 0.05) is 55.8 Å². The number of piperazine rings is 1. The molecule has 1 amide bonds. The molecule has 138 valence electrons. The largest absolute Gasteiger partial charge is 0.352 e. The van der Waals surface area contributed by atoms with E-state index in [4.69, 9.17) is 0 Å². The van der Waals surface area contributed by atoms with E-state index in [1.54, 1.807) is 17.3 Å². The Balaban J connectivity index is 1.41. The first kappa shape index (κ1) is 17.1. The Hall–Kier alpha value is -3.29. The minimum Gasteiger partial charge on any atom is -0.352 e. The number of aromatic amines is 1. The second-order valence-electron chi connectivity index (χ2n) is 6.29. The highest BCUT2D eigenvalue weighted by atomic mass is 19.2. The maximum Gasteiger partial charge on any atom is 0.254 e. The van der Waals surface area contributed by atoms with Crippen LogP contribution in [-0.4, -0.2) is 52.2 Å². The van der Waals surface area contributed by atoms with E-state index in [0.29, 0.717) is 26.2 Å². The van der Waals surface area contributed by atoms with Crippen LogP contribution in [0.15, 0.2) is 48.8 Å². The molecular weight excluding hydrogens is 352 g/mol. The van der Waals surface area contributed by atoms with Gasteiger partial charge in [0.05, 0.1) is 5.69 Å². The van der Waals surface area contributed by atoms with E-state index >= 15 is 0 Å². The van der Waals surface area contributed by atoms with Gasteiger partial charge in [0.25, 0.3) is 5.91 Å². The number of pyridine rings is 1. The van der Waals surface area contributed by atoms with Gasteiger partial charge in [-0.2, -0.15) is 5.10 Å². The number of benzene rings is 1. The lowest BCUT2D eigenvalue weighted by Crippen LogP contribution is -2.49. The summed E-state index contributed by atoms with van der Waals surface area (Å²) in [5, 5.41) is 7.35. The van der Waals surface area contributed by atoms with Crippen LogP contribution in [0.2, 0.25) is 0 Å². The van der Waals surface area contributed by atoms with Gasteiger partial charge in [-0.15, -0.1) is 0 Å². The highest BCUT2D eigenvalue weighted by molar-refractivity contribution is 5.94. The van der Waals surface area contributed by atoms with Crippen LogP contribution in [0.1, 0.15) is 10.4 Å². The second kappa shape index (κ2) is 7.14. The van der Waals surface area contributed by atoms with E-state index in [1.807, 2.05) is 18.2 Å². The molecule has 6 nitrogen and oxygen atoms in total. The van der Waals surface area contributed by atoms with Crippen molar-refractivity contribution < 1.29 is 13.6 Å². The monoisotopic (exact) mass is 369 g/mol. The van der Waals surface area contributed by atoms with Crippen molar-refractivity contribution >= 4 is 11.7 Å². The molecular formula is C19H17F2N5O. The number of carbonyl (C=O) groups excluding carboxylic acids is 1. The van der Waals surface area contributed by atoms with Gasteiger partial charge in [0.1, 0.15) is 0 Å². The lowest BCUT2D eigenvalue weighted by molar-refractivity contribution is 0.0746. The molecule has 1 aromatic carbocycles. The van der Waals surface area contributed by atoms with Crippen LogP contribution in [-0.2, 0) is 0 Å². The third-order valence-corrected chi connectivity index (χ3v) is 4.59. The van der Waals surface area contributed by atoms with Crippen molar-refractivity contribution in [1.29, 1.82) is 0 Å². The molecule has 1 aliphatic heterocycles. The Morgan fingerprint density at radius 1 is 1.04 bits per heavy atom. The Morgan fingerprint density at radius 3 is 2.56 bits per heavy atom. The molecule has 27 heavy (non-hydrogen) atoms. The smallest absolute Gasteiger partial charge is 0.254 e. The zero-order chi connectivity index (χ0) is 18.8. The molecule has 3 heterocycles.